The number of nitrogens with one attached hydrogen (secondary N) is 1. The summed E-state index contributed by atoms with van der Waals surface area (Å²) in [5.41, 5.74) is 1.49. The second-order valence-corrected chi connectivity index (χ2v) is 6.14. The molecule has 1 aliphatic rings. The van der Waals surface area contributed by atoms with E-state index in [0.717, 1.165) is 12.0 Å². The summed E-state index contributed by atoms with van der Waals surface area (Å²) in [6.45, 7) is 0. The summed E-state index contributed by atoms with van der Waals surface area (Å²) in [5, 5.41) is 13.6. The fourth-order valence-electron chi connectivity index (χ4n) is 2.74. The van der Waals surface area contributed by atoms with Crippen LogP contribution in [0.2, 0.25) is 5.02 Å². The molecule has 126 valence electrons. The number of benzene rings is 2. The van der Waals surface area contributed by atoms with E-state index in [1.807, 2.05) is 24.3 Å². The Balaban J connectivity index is 1.72. The van der Waals surface area contributed by atoms with E-state index in [1.54, 1.807) is 0 Å². The summed E-state index contributed by atoms with van der Waals surface area (Å²) in [4.78, 5) is 12.5. The number of methoxy groups -OCH3 is 2. The Morgan fingerprint density at radius 2 is 1.88 bits per heavy atom. The van der Waals surface area contributed by atoms with Crippen LogP contribution >= 0.6 is 11.6 Å². The molecule has 0 saturated heterocycles. The Hall–Kier alpha value is -2.40. The number of carbonyl (C=O) groups excluding carboxylic acids is 1. The van der Waals surface area contributed by atoms with Crippen LogP contribution in [0.4, 0.5) is 0 Å². The van der Waals surface area contributed by atoms with Gasteiger partial charge in [0.15, 0.2) is 11.5 Å². The van der Waals surface area contributed by atoms with Gasteiger partial charge in [-0.25, -0.2) is 0 Å². The third-order valence-electron chi connectivity index (χ3n) is 4.13. The zero-order valence-electron chi connectivity index (χ0n) is 13.4. The van der Waals surface area contributed by atoms with Crippen molar-refractivity contribution in [1.29, 1.82) is 0 Å². The molecule has 0 bridgehead atoms. The van der Waals surface area contributed by atoms with Crippen LogP contribution in [0.5, 0.6) is 17.2 Å². The van der Waals surface area contributed by atoms with Crippen molar-refractivity contribution in [3.05, 3.63) is 52.5 Å². The highest BCUT2D eigenvalue weighted by Crippen LogP contribution is 2.42. The van der Waals surface area contributed by atoms with Gasteiger partial charge in [-0.15, -0.1) is 0 Å². The van der Waals surface area contributed by atoms with Gasteiger partial charge in [0, 0.05) is 22.5 Å². The lowest BCUT2D eigenvalue weighted by Crippen LogP contribution is -2.26. The van der Waals surface area contributed by atoms with E-state index >= 15 is 0 Å². The topological polar surface area (TPSA) is 67.8 Å². The van der Waals surface area contributed by atoms with Gasteiger partial charge in [0.1, 0.15) is 0 Å². The monoisotopic (exact) mass is 347 g/mol. The molecule has 1 fully saturated rings. The van der Waals surface area contributed by atoms with Crippen LogP contribution in [0, 0.1) is 0 Å². The summed E-state index contributed by atoms with van der Waals surface area (Å²) >= 11 is 6.01. The Labute approximate surface area is 145 Å². The molecule has 0 heterocycles. The highest BCUT2D eigenvalue weighted by Gasteiger charge is 2.39. The quantitative estimate of drug-likeness (QED) is 0.870. The molecule has 2 atom stereocenters. The van der Waals surface area contributed by atoms with Crippen LogP contribution in [-0.4, -0.2) is 31.3 Å². The first-order valence-electron chi connectivity index (χ1n) is 7.54. The minimum absolute atomic E-state index is 0.0711. The molecule has 0 radical (unpaired) electrons. The normalized spacial score (nSPS) is 18.8. The molecule has 1 amide bonds. The van der Waals surface area contributed by atoms with Gasteiger partial charge in [-0.3, -0.25) is 4.79 Å². The first-order chi connectivity index (χ1) is 11.5. The maximum Gasteiger partial charge on any atom is 0.251 e. The van der Waals surface area contributed by atoms with E-state index in [9.17, 15) is 9.90 Å². The Kier molecular flexibility index (Phi) is 4.53. The summed E-state index contributed by atoms with van der Waals surface area (Å²) in [6, 6.07) is 10.7. The number of aromatic hydroxyl groups is 1. The molecular formula is C18H18ClNO4. The molecule has 1 aliphatic carbocycles. The molecule has 1 saturated carbocycles. The molecule has 6 heteroatoms. The van der Waals surface area contributed by atoms with Crippen LogP contribution in [0.3, 0.4) is 0 Å². The largest absolute Gasteiger partial charge is 0.502 e. The lowest BCUT2D eigenvalue weighted by Gasteiger charge is -2.11. The number of phenolic OH excluding ortho intramolecular Hbond substituents is 1. The van der Waals surface area contributed by atoms with Gasteiger partial charge in [-0.05, 0) is 36.2 Å². The average molecular weight is 348 g/mol. The molecule has 2 N–H and O–H groups in total. The molecule has 2 aromatic carbocycles. The van der Waals surface area contributed by atoms with Crippen molar-refractivity contribution in [2.24, 2.45) is 0 Å². The number of hydrogen-bond acceptors (Lipinski definition) is 4. The lowest BCUT2D eigenvalue weighted by atomic mass is 10.1. The van der Waals surface area contributed by atoms with E-state index in [4.69, 9.17) is 21.1 Å². The molecule has 0 aliphatic heterocycles. The number of rotatable bonds is 5. The van der Waals surface area contributed by atoms with Gasteiger partial charge in [-0.2, -0.15) is 0 Å². The number of amides is 1. The number of ether oxygens (including phenoxy) is 2. The van der Waals surface area contributed by atoms with Crippen molar-refractivity contribution in [1.82, 2.24) is 5.32 Å². The fraction of sp³-hybridized carbons (Fsp3) is 0.278. The maximum absolute atomic E-state index is 12.5. The Bertz CT molecular complexity index is 752. The smallest absolute Gasteiger partial charge is 0.251 e. The minimum Gasteiger partial charge on any atom is -0.502 e. The maximum atomic E-state index is 12.5. The predicted molar refractivity (Wildman–Crippen MR) is 91.3 cm³/mol. The van der Waals surface area contributed by atoms with E-state index in [1.165, 1.54) is 26.4 Å². The molecule has 3 rings (SSSR count). The van der Waals surface area contributed by atoms with Crippen molar-refractivity contribution in [3.63, 3.8) is 0 Å². The van der Waals surface area contributed by atoms with Crippen molar-refractivity contribution in [3.8, 4) is 17.2 Å². The zero-order valence-corrected chi connectivity index (χ0v) is 14.1. The molecule has 0 unspecified atom stereocenters. The van der Waals surface area contributed by atoms with Crippen molar-refractivity contribution >= 4 is 17.5 Å². The third-order valence-corrected chi connectivity index (χ3v) is 4.36. The van der Waals surface area contributed by atoms with Crippen LogP contribution in [0.1, 0.15) is 28.3 Å². The van der Waals surface area contributed by atoms with Crippen LogP contribution in [0.25, 0.3) is 0 Å². The number of halogens is 1. The van der Waals surface area contributed by atoms with Crippen LogP contribution in [-0.2, 0) is 0 Å². The second kappa shape index (κ2) is 6.61. The first kappa shape index (κ1) is 16.5. The van der Waals surface area contributed by atoms with Gasteiger partial charge >= 0.3 is 0 Å². The van der Waals surface area contributed by atoms with Crippen molar-refractivity contribution in [2.75, 3.05) is 14.2 Å². The predicted octanol–water partition coefficient (Wildman–Crippen LogP) is 3.35. The summed E-state index contributed by atoms with van der Waals surface area (Å²) in [6.07, 6.45) is 0.873. The molecule has 24 heavy (non-hydrogen) atoms. The minimum atomic E-state index is -0.235. The number of hydrogen-bond donors (Lipinski definition) is 2. The molecule has 0 aromatic heterocycles. The van der Waals surface area contributed by atoms with Gasteiger partial charge in [0.2, 0.25) is 5.75 Å². The van der Waals surface area contributed by atoms with E-state index in [0.29, 0.717) is 10.6 Å². The van der Waals surface area contributed by atoms with E-state index in [-0.39, 0.29) is 35.1 Å². The summed E-state index contributed by atoms with van der Waals surface area (Å²) < 4.78 is 10.2. The first-order valence-corrected chi connectivity index (χ1v) is 7.92. The number of phenols is 1. The van der Waals surface area contributed by atoms with Crippen LogP contribution in [0.15, 0.2) is 36.4 Å². The molecule has 2 aromatic rings. The second-order valence-electron chi connectivity index (χ2n) is 5.71. The van der Waals surface area contributed by atoms with Gasteiger partial charge in [-0.1, -0.05) is 23.7 Å². The lowest BCUT2D eigenvalue weighted by molar-refractivity contribution is 0.0949. The molecule has 5 nitrogen and oxygen atoms in total. The average Bonchev–Trinajstić information content (AvgIpc) is 3.34. The SMILES string of the molecule is COc1cc(C(=O)N[C@@H]2C[C@H]2c2cccc(Cl)c2)cc(OC)c1O. The van der Waals surface area contributed by atoms with Crippen LogP contribution < -0.4 is 14.8 Å². The number of carbonyl (C=O) groups is 1. The molecular weight excluding hydrogens is 330 g/mol. The summed E-state index contributed by atoms with van der Waals surface area (Å²) in [7, 11) is 2.85. The van der Waals surface area contributed by atoms with Crippen molar-refractivity contribution < 1.29 is 19.4 Å². The van der Waals surface area contributed by atoms with Gasteiger partial charge in [0.05, 0.1) is 14.2 Å². The zero-order chi connectivity index (χ0) is 17.3. The van der Waals surface area contributed by atoms with E-state index < -0.39 is 0 Å². The van der Waals surface area contributed by atoms with Crippen molar-refractivity contribution in [2.45, 2.75) is 18.4 Å². The van der Waals surface area contributed by atoms with Gasteiger partial charge in [0.25, 0.3) is 5.91 Å². The highest BCUT2D eigenvalue weighted by molar-refractivity contribution is 6.30. The van der Waals surface area contributed by atoms with Gasteiger partial charge < -0.3 is 19.9 Å². The third kappa shape index (κ3) is 3.26. The fourth-order valence-corrected chi connectivity index (χ4v) is 2.94. The Morgan fingerprint density at radius 1 is 1.21 bits per heavy atom. The van der Waals surface area contributed by atoms with E-state index in [2.05, 4.69) is 5.32 Å². The highest BCUT2D eigenvalue weighted by atomic mass is 35.5. The summed E-state index contributed by atoms with van der Waals surface area (Å²) in [5.74, 6) is 0.304. The molecule has 0 spiro atoms. The Morgan fingerprint density at radius 3 is 2.46 bits per heavy atom. The standard InChI is InChI=1S/C18H18ClNO4/c1-23-15-7-11(8-16(24-2)17(15)21)18(22)20-14-9-13(14)10-4-3-5-12(19)6-10/h3-8,13-14,21H,9H2,1-2H3,(H,20,22)/t13-,14+/m0/s1.